The number of rotatable bonds is 4. The molecule has 0 unspecified atom stereocenters. The van der Waals surface area contributed by atoms with Crippen LogP contribution >= 0.6 is 22.6 Å². The van der Waals surface area contributed by atoms with Gasteiger partial charge < -0.3 is 5.32 Å². The number of halogens is 1. The van der Waals surface area contributed by atoms with Crippen molar-refractivity contribution in [2.24, 2.45) is 0 Å². The lowest BCUT2D eigenvalue weighted by molar-refractivity contribution is 0.102. The molecule has 1 aliphatic heterocycles. The fourth-order valence-electron chi connectivity index (χ4n) is 3.10. The van der Waals surface area contributed by atoms with Gasteiger partial charge in [-0.05, 0) is 78.8 Å². The van der Waals surface area contributed by atoms with Crippen LogP contribution in [0.15, 0.2) is 53.4 Å². The molecule has 0 aromatic heterocycles. The molecule has 1 amide bonds. The minimum atomic E-state index is -3.52. The lowest BCUT2D eigenvalue weighted by Crippen LogP contribution is -2.41. The standard InChI is InChI=1S/C19H21IN2O3S/c1-14-6-4-5-13-22(14)26(24,25)16-11-9-15(10-12-16)19(23)21-18-8-3-2-7-17(18)20/h2-3,7-12,14H,4-6,13H2,1H3,(H,21,23)/t14-/m0/s1. The third kappa shape index (κ3) is 4.10. The van der Waals surface area contributed by atoms with E-state index in [1.807, 2.05) is 31.2 Å². The van der Waals surface area contributed by atoms with Crippen molar-refractivity contribution >= 4 is 44.2 Å². The Labute approximate surface area is 168 Å². The van der Waals surface area contributed by atoms with Crippen LogP contribution in [0, 0.1) is 3.57 Å². The second-order valence-corrected chi connectivity index (χ2v) is 9.47. The smallest absolute Gasteiger partial charge is 0.255 e. The third-order valence-electron chi connectivity index (χ3n) is 4.59. The number of hydrogen-bond acceptors (Lipinski definition) is 3. The van der Waals surface area contributed by atoms with Crippen molar-refractivity contribution in [2.45, 2.75) is 37.1 Å². The van der Waals surface area contributed by atoms with E-state index in [2.05, 4.69) is 27.9 Å². The van der Waals surface area contributed by atoms with E-state index in [0.29, 0.717) is 12.1 Å². The minimum Gasteiger partial charge on any atom is -0.321 e. The molecular weight excluding hydrogens is 463 g/mol. The van der Waals surface area contributed by atoms with Gasteiger partial charge in [-0.1, -0.05) is 18.6 Å². The first kappa shape index (κ1) is 19.3. The average molecular weight is 484 g/mol. The number of sulfonamides is 1. The first-order chi connectivity index (χ1) is 12.4. The third-order valence-corrected chi connectivity index (χ3v) is 7.56. The Kier molecular flexibility index (Phi) is 5.99. The number of anilines is 1. The average Bonchev–Trinajstić information content (AvgIpc) is 2.64. The van der Waals surface area contributed by atoms with Gasteiger partial charge in [0.1, 0.15) is 0 Å². The Morgan fingerprint density at radius 2 is 1.81 bits per heavy atom. The quantitative estimate of drug-likeness (QED) is 0.665. The zero-order valence-corrected chi connectivity index (χ0v) is 17.5. The molecule has 1 N–H and O–H groups in total. The van der Waals surface area contributed by atoms with Crippen molar-refractivity contribution in [3.8, 4) is 0 Å². The normalized spacial score (nSPS) is 18.5. The van der Waals surface area contributed by atoms with E-state index < -0.39 is 10.0 Å². The molecule has 1 aliphatic rings. The summed E-state index contributed by atoms with van der Waals surface area (Å²) >= 11 is 2.16. The Morgan fingerprint density at radius 1 is 1.12 bits per heavy atom. The molecule has 0 aliphatic carbocycles. The van der Waals surface area contributed by atoms with Crippen LogP contribution in [0.4, 0.5) is 5.69 Å². The van der Waals surface area contributed by atoms with Crippen LogP contribution in [0.1, 0.15) is 36.5 Å². The maximum atomic E-state index is 12.8. The van der Waals surface area contributed by atoms with Crippen LogP contribution < -0.4 is 5.32 Å². The summed E-state index contributed by atoms with van der Waals surface area (Å²) in [5, 5.41) is 2.85. The van der Waals surface area contributed by atoms with Crippen LogP contribution in [-0.4, -0.2) is 31.2 Å². The predicted octanol–water partition coefficient (Wildman–Crippen LogP) is 4.11. The second kappa shape index (κ2) is 8.06. The molecule has 1 saturated heterocycles. The molecular formula is C19H21IN2O3S. The number of amides is 1. The number of nitrogens with zero attached hydrogens (tertiary/aromatic N) is 1. The van der Waals surface area contributed by atoms with Crippen molar-refractivity contribution in [3.63, 3.8) is 0 Å². The highest BCUT2D eigenvalue weighted by atomic mass is 127. The van der Waals surface area contributed by atoms with E-state index in [-0.39, 0.29) is 16.8 Å². The monoisotopic (exact) mass is 484 g/mol. The summed E-state index contributed by atoms with van der Waals surface area (Å²) in [7, 11) is -3.52. The zero-order chi connectivity index (χ0) is 18.7. The van der Waals surface area contributed by atoms with Gasteiger partial charge in [-0.15, -0.1) is 0 Å². The fraction of sp³-hybridized carbons (Fsp3) is 0.316. The number of carbonyl (C=O) groups excluding carboxylic acids is 1. The molecule has 3 rings (SSSR count). The minimum absolute atomic E-state index is 0.0110. The van der Waals surface area contributed by atoms with E-state index in [1.54, 1.807) is 16.4 Å². The summed E-state index contributed by atoms with van der Waals surface area (Å²) < 4.78 is 28.2. The fourth-order valence-corrected chi connectivity index (χ4v) is 5.32. The summed E-state index contributed by atoms with van der Waals surface area (Å²) in [6.07, 6.45) is 2.83. The molecule has 26 heavy (non-hydrogen) atoms. The molecule has 2 aromatic rings. The predicted molar refractivity (Wildman–Crippen MR) is 111 cm³/mol. The topological polar surface area (TPSA) is 66.5 Å². The second-order valence-electron chi connectivity index (χ2n) is 6.42. The first-order valence-electron chi connectivity index (χ1n) is 8.57. The molecule has 5 nitrogen and oxygen atoms in total. The van der Waals surface area contributed by atoms with E-state index in [4.69, 9.17) is 0 Å². The number of piperidine rings is 1. The van der Waals surface area contributed by atoms with Gasteiger partial charge >= 0.3 is 0 Å². The number of carbonyl (C=O) groups is 1. The van der Waals surface area contributed by atoms with Gasteiger partial charge in [0.25, 0.3) is 5.91 Å². The number of nitrogens with one attached hydrogen (secondary N) is 1. The van der Waals surface area contributed by atoms with Crippen LogP contribution in [0.2, 0.25) is 0 Å². The SMILES string of the molecule is C[C@H]1CCCCN1S(=O)(=O)c1ccc(C(=O)Nc2ccccc2I)cc1. The number of benzene rings is 2. The summed E-state index contributed by atoms with van der Waals surface area (Å²) in [5.41, 5.74) is 1.16. The van der Waals surface area contributed by atoms with Gasteiger partial charge in [0, 0.05) is 21.7 Å². The van der Waals surface area contributed by atoms with Gasteiger partial charge in [0.05, 0.1) is 10.6 Å². The first-order valence-corrected chi connectivity index (χ1v) is 11.1. The molecule has 1 atom stereocenters. The highest BCUT2D eigenvalue weighted by Gasteiger charge is 2.30. The van der Waals surface area contributed by atoms with Crippen LogP contribution in [0.3, 0.4) is 0 Å². The van der Waals surface area contributed by atoms with Gasteiger partial charge in [0.2, 0.25) is 10.0 Å². The molecule has 0 bridgehead atoms. The van der Waals surface area contributed by atoms with Crippen LogP contribution in [-0.2, 0) is 10.0 Å². The van der Waals surface area contributed by atoms with E-state index in [9.17, 15) is 13.2 Å². The number of para-hydroxylation sites is 1. The molecule has 0 spiro atoms. The van der Waals surface area contributed by atoms with Crippen LogP contribution in [0.25, 0.3) is 0 Å². The Hall–Kier alpha value is -1.45. The molecule has 7 heteroatoms. The summed E-state index contributed by atoms with van der Waals surface area (Å²) in [6.45, 7) is 2.50. The Bertz CT molecular complexity index is 897. The van der Waals surface area contributed by atoms with Crippen LogP contribution in [0.5, 0.6) is 0 Å². The molecule has 138 valence electrons. The van der Waals surface area contributed by atoms with Crippen molar-refractivity contribution in [3.05, 3.63) is 57.7 Å². The summed E-state index contributed by atoms with van der Waals surface area (Å²) in [5.74, 6) is -0.260. The molecule has 1 fully saturated rings. The van der Waals surface area contributed by atoms with Crippen molar-refractivity contribution in [1.82, 2.24) is 4.31 Å². The van der Waals surface area contributed by atoms with Gasteiger partial charge in [-0.3, -0.25) is 4.79 Å². The van der Waals surface area contributed by atoms with Crippen molar-refractivity contribution < 1.29 is 13.2 Å². The molecule has 0 saturated carbocycles. The maximum absolute atomic E-state index is 12.8. The van der Waals surface area contributed by atoms with E-state index in [1.165, 1.54) is 12.1 Å². The van der Waals surface area contributed by atoms with Gasteiger partial charge in [0.15, 0.2) is 0 Å². The molecule has 0 radical (unpaired) electrons. The molecule has 1 heterocycles. The Morgan fingerprint density at radius 3 is 2.46 bits per heavy atom. The Balaban J connectivity index is 1.77. The van der Waals surface area contributed by atoms with Gasteiger partial charge in [-0.25, -0.2) is 8.42 Å². The zero-order valence-electron chi connectivity index (χ0n) is 14.5. The largest absolute Gasteiger partial charge is 0.321 e. The highest BCUT2D eigenvalue weighted by molar-refractivity contribution is 14.1. The summed E-state index contributed by atoms with van der Waals surface area (Å²) in [4.78, 5) is 12.6. The highest BCUT2D eigenvalue weighted by Crippen LogP contribution is 2.25. The van der Waals surface area contributed by atoms with Crippen molar-refractivity contribution in [1.29, 1.82) is 0 Å². The summed E-state index contributed by atoms with van der Waals surface area (Å²) in [6, 6.07) is 13.7. The molecule has 2 aromatic carbocycles. The van der Waals surface area contributed by atoms with E-state index in [0.717, 1.165) is 28.5 Å². The van der Waals surface area contributed by atoms with Crippen molar-refractivity contribution in [2.75, 3.05) is 11.9 Å². The maximum Gasteiger partial charge on any atom is 0.255 e. The number of hydrogen-bond donors (Lipinski definition) is 1. The van der Waals surface area contributed by atoms with E-state index >= 15 is 0 Å². The van der Waals surface area contributed by atoms with Gasteiger partial charge in [-0.2, -0.15) is 4.31 Å². The lowest BCUT2D eigenvalue weighted by Gasteiger charge is -2.32. The lowest BCUT2D eigenvalue weighted by atomic mass is 10.1.